The molecule has 3 aliphatic heterocycles. The smallest absolute Gasteiger partial charge is 0.225 e. The van der Waals surface area contributed by atoms with Crippen molar-refractivity contribution in [3.63, 3.8) is 0 Å². The van der Waals surface area contributed by atoms with E-state index in [2.05, 4.69) is 83.7 Å². The third-order valence-electron chi connectivity index (χ3n) is 12.7. The first-order chi connectivity index (χ1) is 31.8. The lowest BCUT2D eigenvalue weighted by Gasteiger charge is -2.37. The topological polar surface area (TPSA) is 237 Å². The third-order valence-corrected chi connectivity index (χ3v) is 13.9. The lowest BCUT2D eigenvalue weighted by Crippen LogP contribution is -2.52. The first-order valence-electron chi connectivity index (χ1n) is 23.5. The number of rotatable bonds is 21. The quantitative estimate of drug-likeness (QED) is 0.0441. The summed E-state index contributed by atoms with van der Waals surface area (Å²) in [5.41, 5.74) is 0. The van der Waals surface area contributed by atoms with Crippen LogP contribution in [-0.4, -0.2) is 277 Å². The normalized spacial score (nSPS) is 22.0. The Labute approximate surface area is 430 Å². The Balaban J connectivity index is 0.000000998. The molecule has 3 heterocycles. The number of nitrogens with one attached hydrogen (secondary N) is 4. The van der Waals surface area contributed by atoms with Gasteiger partial charge in [0.1, 0.15) is 0 Å². The van der Waals surface area contributed by atoms with Crippen molar-refractivity contribution in [1.29, 1.82) is 0 Å². The zero-order chi connectivity index (χ0) is 51.8. The van der Waals surface area contributed by atoms with Gasteiger partial charge in [-0.1, -0.05) is 7.43 Å². The summed E-state index contributed by atoms with van der Waals surface area (Å²) in [6.45, 7) is 13.4. The number of piperazine rings is 3. The fourth-order valence-electron chi connectivity index (χ4n) is 7.42. The van der Waals surface area contributed by atoms with Gasteiger partial charge in [0.05, 0.1) is 73.3 Å². The van der Waals surface area contributed by atoms with Gasteiger partial charge in [0.15, 0.2) is 0 Å². The minimum Gasteiger partial charge on any atom is -0.390 e. The van der Waals surface area contributed by atoms with E-state index in [9.17, 15) is 44.1 Å². The molecule has 3 fully saturated rings. The molecule has 0 aromatic carbocycles. The van der Waals surface area contributed by atoms with Gasteiger partial charge in [0, 0.05) is 117 Å². The van der Waals surface area contributed by atoms with Crippen LogP contribution >= 0.6 is 37.9 Å². The van der Waals surface area contributed by atoms with Crippen LogP contribution in [0.1, 0.15) is 66.7 Å². The zero-order valence-corrected chi connectivity index (χ0v) is 45.3. The number of likely N-dealkylation sites (N-methyl/N-ethyl adjacent to an activating group) is 5. The summed E-state index contributed by atoms with van der Waals surface area (Å²) in [6, 6.07) is -0.922. The van der Waals surface area contributed by atoms with E-state index in [-0.39, 0.29) is 80.3 Å². The molecule has 7 N–H and O–H groups in total. The zero-order valence-electron chi connectivity index (χ0n) is 42.6. The molecular weight excluding hydrogens is 949 g/mol. The van der Waals surface area contributed by atoms with Crippen molar-refractivity contribution in [2.45, 2.75) is 121 Å². The summed E-state index contributed by atoms with van der Waals surface area (Å²) in [4.78, 5) is 86.9. The first kappa shape index (κ1) is 66.5. The summed E-state index contributed by atoms with van der Waals surface area (Å²) in [5, 5.41) is 41.8. The monoisotopic (exact) mass is 1040 g/mol. The number of amides is 6. The molecule has 6 amide bonds. The van der Waals surface area contributed by atoms with Gasteiger partial charge in [-0.3, -0.25) is 28.8 Å². The minimum atomic E-state index is -0.902. The molecule has 0 bridgehead atoms. The van der Waals surface area contributed by atoms with Crippen molar-refractivity contribution in [2.24, 2.45) is 0 Å². The van der Waals surface area contributed by atoms with Crippen LogP contribution in [0.3, 0.4) is 0 Å². The molecule has 3 saturated heterocycles. The van der Waals surface area contributed by atoms with Crippen LogP contribution in [0.2, 0.25) is 0 Å². The van der Waals surface area contributed by atoms with Gasteiger partial charge in [0.25, 0.3) is 0 Å². The molecule has 9 atom stereocenters. The number of carbonyl (C=O) groups is 6. The summed E-state index contributed by atoms with van der Waals surface area (Å²) in [5.74, 6) is 0.00448. The van der Waals surface area contributed by atoms with Crippen LogP contribution in [0, 0.1) is 0 Å². The van der Waals surface area contributed by atoms with E-state index in [4.69, 9.17) is 0 Å². The SMILES string of the molecule is C.CC(NC(=O)CC1CN(C)CCN1)C(O)CC(=O)N(C)CS.CC(NC(=O)CC1CN(C)CCN1C)C(O)CC(=O)N(C)CS.CC(NC(=O)CC1CN(C)CCN1C)C(O)CC(=O)N(C)CS. The van der Waals surface area contributed by atoms with E-state index in [0.717, 1.165) is 58.9 Å². The predicted molar refractivity (Wildman–Crippen MR) is 282 cm³/mol. The van der Waals surface area contributed by atoms with Crippen LogP contribution in [0.15, 0.2) is 0 Å². The maximum atomic E-state index is 12.2. The van der Waals surface area contributed by atoms with E-state index in [0.29, 0.717) is 36.9 Å². The van der Waals surface area contributed by atoms with E-state index in [1.807, 2.05) is 35.2 Å². The molecule has 9 unspecified atom stereocenters. The van der Waals surface area contributed by atoms with Gasteiger partial charge >= 0.3 is 0 Å². The summed E-state index contributed by atoms with van der Waals surface area (Å²) >= 11 is 12.0. The molecule has 0 saturated carbocycles. The third kappa shape index (κ3) is 26.7. The lowest BCUT2D eigenvalue weighted by molar-refractivity contribution is -0.132. The van der Waals surface area contributed by atoms with E-state index in [1.165, 1.54) is 14.7 Å². The first-order valence-corrected chi connectivity index (χ1v) is 25.4. The summed E-state index contributed by atoms with van der Waals surface area (Å²) < 4.78 is 0. The minimum absolute atomic E-state index is 0. The van der Waals surface area contributed by atoms with Crippen molar-refractivity contribution >= 4 is 73.3 Å². The Kier molecular flexibility index (Phi) is 33.5. The molecule has 0 radical (unpaired) electrons. The molecule has 21 nitrogen and oxygen atoms in total. The Hall–Kier alpha value is -2.49. The summed E-state index contributed by atoms with van der Waals surface area (Å²) in [7, 11) is 15.0. The van der Waals surface area contributed by atoms with Gasteiger partial charge in [-0.15, -0.1) is 0 Å². The number of hydrogen-bond acceptors (Lipinski definition) is 18. The van der Waals surface area contributed by atoms with E-state index < -0.39 is 36.4 Å². The lowest BCUT2D eigenvalue weighted by atomic mass is 10.1. The molecule has 404 valence electrons. The average Bonchev–Trinajstić information content (AvgIpc) is 3.27. The molecule has 3 rings (SSSR count). The van der Waals surface area contributed by atoms with Gasteiger partial charge in [0.2, 0.25) is 35.4 Å². The Bertz CT molecular complexity index is 1480. The van der Waals surface area contributed by atoms with Crippen molar-refractivity contribution in [2.75, 3.05) is 133 Å². The number of thiol groups is 3. The second kappa shape index (κ2) is 34.8. The van der Waals surface area contributed by atoms with Gasteiger partial charge in [-0.05, 0) is 56.0 Å². The Morgan fingerprint density at radius 3 is 1.14 bits per heavy atom. The largest absolute Gasteiger partial charge is 0.390 e. The Morgan fingerprint density at radius 1 is 0.536 bits per heavy atom. The highest BCUT2D eigenvalue weighted by Crippen LogP contribution is 2.13. The average molecular weight is 1040 g/mol. The molecule has 24 heteroatoms. The van der Waals surface area contributed by atoms with Crippen LogP contribution < -0.4 is 21.3 Å². The molecule has 69 heavy (non-hydrogen) atoms. The number of hydrogen-bond donors (Lipinski definition) is 10. The van der Waals surface area contributed by atoms with Crippen LogP contribution in [0.25, 0.3) is 0 Å². The number of aliphatic hydroxyl groups excluding tert-OH is 3. The van der Waals surface area contributed by atoms with Crippen LogP contribution in [-0.2, 0) is 28.8 Å². The second-order valence-electron chi connectivity index (χ2n) is 18.9. The van der Waals surface area contributed by atoms with Gasteiger partial charge < -0.3 is 75.8 Å². The number of carbonyl (C=O) groups excluding carboxylic acids is 6. The van der Waals surface area contributed by atoms with Crippen LogP contribution in [0.4, 0.5) is 0 Å². The molecule has 3 aliphatic rings. The highest BCUT2D eigenvalue weighted by atomic mass is 32.1. The van der Waals surface area contributed by atoms with Crippen molar-refractivity contribution in [3.05, 3.63) is 0 Å². The molecule has 0 aromatic rings. The molecule has 0 aromatic heterocycles. The highest BCUT2D eigenvalue weighted by Gasteiger charge is 2.29. The maximum absolute atomic E-state index is 12.2. The summed E-state index contributed by atoms with van der Waals surface area (Å²) in [6.07, 6.45) is -1.63. The number of aliphatic hydroxyl groups is 3. The molecule has 0 aliphatic carbocycles. The van der Waals surface area contributed by atoms with E-state index >= 15 is 0 Å². The van der Waals surface area contributed by atoms with Crippen LogP contribution in [0.5, 0.6) is 0 Å². The molecule has 0 spiro atoms. The highest BCUT2D eigenvalue weighted by molar-refractivity contribution is 7.80. The maximum Gasteiger partial charge on any atom is 0.225 e. The van der Waals surface area contributed by atoms with Crippen molar-refractivity contribution in [3.8, 4) is 0 Å². The fourth-order valence-corrected chi connectivity index (χ4v) is 7.90. The fraction of sp³-hybridized carbons (Fsp3) is 0.867. The standard InChI is InChI=1S/2C15H30N4O3S.C14H28N4O3S.CH4/c2*1-11(13(20)8-15(22)19(4)10-23)16-14(21)7-12-9-17(2)5-6-18(12)3;1-10(12(19)7-14(21)18(3)9-22)16-13(20)6-11-8-17(2)5-4-15-11;/h2*11-13,20,23H,5-10H2,1-4H3,(H,16,21);10-12,15,19,22H,4-9H2,1-3H3,(H,16,20);1H4. The molecular formula is C45H92N12O9S3. The van der Waals surface area contributed by atoms with Crippen molar-refractivity contribution < 1.29 is 44.1 Å². The predicted octanol–water partition coefficient (Wildman–Crippen LogP) is -2.04. The second-order valence-corrected chi connectivity index (χ2v) is 19.7. The van der Waals surface area contributed by atoms with Crippen molar-refractivity contribution in [1.82, 2.24) is 60.5 Å². The van der Waals surface area contributed by atoms with E-state index in [1.54, 1.807) is 41.9 Å². The Morgan fingerprint density at radius 2 is 0.841 bits per heavy atom. The van der Waals surface area contributed by atoms with Gasteiger partial charge in [-0.25, -0.2) is 0 Å². The van der Waals surface area contributed by atoms with Gasteiger partial charge in [-0.2, -0.15) is 37.9 Å². The number of nitrogens with zero attached hydrogens (tertiary/aromatic N) is 8.